The van der Waals surface area contributed by atoms with Crippen molar-refractivity contribution in [2.45, 2.75) is 56.3 Å². The number of rotatable bonds is 7. The number of fused-ring (bicyclic) bond motifs is 2. The lowest BCUT2D eigenvalue weighted by Crippen LogP contribution is -2.50. The number of hydrogen-bond donors (Lipinski definition) is 2. The molecule has 3 heterocycles. The van der Waals surface area contributed by atoms with Gasteiger partial charge in [-0.15, -0.1) is 0 Å². The zero-order valence-electron chi connectivity index (χ0n) is 22.3. The van der Waals surface area contributed by atoms with Gasteiger partial charge < -0.3 is 24.6 Å². The molecule has 2 N–H and O–H groups in total. The van der Waals surface area contributed by atoms with E-state index in [-0.39, 0.29) is 0 Å². The highest BCUT2D eigenvalue weighted by Gasteiger charge is 2.47. The summed E-state index contributed by atoms with van der Waals surface area (Å²) in [6.45, 7) is 2.81. The lowest BCUT2D eigenvalue weighted by molar-refractivity contribution is -0.163. The fourth-order valence-corrected chi connectivity index (χ4v) is 6.01. The zero-order chi connectivity index (χ0) is 27.7. The molecule has 3 aliphatic rings. The van der Waals surface area contributed by atoms with Gasteiger partial charge in [0, 0.05) is 42.0 Å². The van der Waals surface area contributed by atoms with Crippen molar-refractivity contribution in [2.24, 2.45) is 0 Å². The maximum absolute atomic E-state index is 11.9. The second-order valence-corrected chi connectivity index (χ2v) is 11.4. The third-order valence-corrected chi connectivity index (χ3v) is 8.76. The molecule has 2 aromatic carbocycles. The molecule has 0 unspecified atom stereocenters. The molecule has 2 fully saturated rings. The van der Waals surface area contributed by atoms with Gasteiger partial charge in [0.1, 0.15) is 18.1 Å². The summed E-state index contributed by atoms with van der Waals surface area (Å²) in [6, 6.07) is 17.0. The summed E-state index contributed by atoms with van der Waals surface area (Å²) in [7, 11) is 0. The molecule has 0 radical (unpaired) electrons. The van der Waals surface area contributed by atoms with Crippen LogP contribution in [-0.2, 0) is 17.0 Å². The lowest BCUT2D eigenvalue weighted by atomic mass is 9.80. The van der Waals surface area contributed by atoms with Crippen molar-refractivity contribution < 1.29 is 24.5 Å². The SMILES string of the molecule is O=C(O)C1(Oc2ccc3c(c2)C(=CCCN2CCC(O)(c4ccc(Cl)cc4)CC2)c2cccnc2CO3)CCC1. The highest BCUT2D eigenvalue weighted by atomic mass is 35.5. The van der Waals surface area contributed by atoms with Crippen molar-refractivity contribution in [1.29, 1.82) is 0 Å². The van der Waals surface area contributed by atoms with E-state index in [1.54, 1.807) is 12.3 Å². The standard InChI is InChI=1S/C32H33ClN2O5/c33-23-8-6-22(7-9-23)31(38)14-18-35(19-15-31)17-2-5-25-26-4-1-16-34-28(26)21-39-29-11-10-24(20-27(25)29)40-32(30(36)37)12-3-13-32/h1,4-11,16,20,38H,2-3,12-15,17-19,21H2,(H,36,37). The molecule has 2 aliphatic heterocycles. The lowest BCUT2D eigenvalue weighted by Gasteiger charge is -2.38. The van der Waals surface area contributed by atoms with E-state index in [9.17, 15) is 15.0 Å². The van der Waals surface area contributed by atoms with Gasteiger partial charge >= 0.3 is 5.97 Å². The number of hydrogen-bond acceptors (Lipinski definition) is 6. The third kappa shape index (κ3) is 5.21. The number of carboxylic acid groups (broad SMARTS) is 1. The van der Waals surface area contributed by atoms with Crippen LogP contribution in [0.3, 0.4) is 0 Å². The summed E-state index contributed by atoms with van der Waals surface area (Å²) >= 11 is 6.03. The van der Waals surface area contributed by atoms with Crippen LogP contribution in [0.5, 0.6) is 11.5 Å². The molecule has 8 heteroatoms. The number of carboxylic acids is 1. The molecule has 3 aromatic rings. The third-order valence-electron chi connectivity index (χ3n) is 8.51. The van der Waals surface area contributed by atoms with E-state index in [2.05, 4.69) is 22.0 Å². The molecule has 0 amide bonds. The highest BCUT2D eigenvalue weighted by molar-refractivity contribution is 6.30. The Morgan fingerprint density at radius 3 is 2.55 bits per heavy atom. The Labute approximate surface area is 239 Å². The molecule has 1 aromatic heterocycles. The van der Waals surface area contributed by atoms with Gasteiger partial charge in [0.05, 0.1) is 11.3 Å². The van der Waals surface area contributed by atoms with E-state index in [0.29, 0.717) is 43.1 Å². The first kappa shape index (κ1) is 26.8. The van der Waals surface area contributed by atoms with E-state index in [1.807, 2.05) is 42.5 Å². The minimum absolute atomic E-state index is 0.356. The average Bonchev–Trinajstić information content (AvgIpc) is 3.09. The van der Waals surface area contributed by atoms with Crippen LogP contribution in [0.15, 0.2) is 66.9 Å². The molecule has 1 aliphatic carbocycles. The van der Waals surface area contributed by atoms with Crippen LogP contribution >= 0.6 is 11.6 Å². The van der Waals surface area contributed by atoms with Crippen molar-refractivity contribution in [3.63, 3.8) is 0 Å². The second-order valence-electron chi connectivity index (χ2n) is 11.0. The fraction of sp³-hybridized carbons (Fsp3) is 0.375. The van der Waals surface area contributed by atoms with Crippen LogP contribution in [0.25, 0.3) is 5.57 Å². The predicted molar refractivity (Wildman–Crippen MR) is 153 cm³/mol. The molecule has 6 rings (SSSR count). The normalized spacial score (nSPS) is 20.4. The van der Waals surface area contributed by atoms with Crippen molar-refractivity contribution >= 4 is 23.1 Å². The van der Waals surface area contributed by atoms with E-state index >= 15 is 0 Å². The van der Waals surface area contributed by atoms with Gasteiger partial charge in [0.15, 0.2) is 0 Å². The van der Waals surface area contributed by atoms with Gasteiger partial charge in [-0.3, -0.25) is 4.98 Å². The van der Waals surface area contributed by atoms with Crippen molar-refractivity contribution in [2.75, 3.05) is 19.6 Å². The molecule has 0 spiro atoms. The van der Waals surface area contributed by atoms with Gasteiger partial charge in [0.25, 0.3) is 0 Å². The van der Waals surface area contributed by atoms with Gasteiger partial charge in [0.2, 0.25) is 5.60 Å². The zero-order valence-corrected chi connectivity index (χ0v) is 23.1. The number of likely N-dealkylation sites (tertiary alicyclic amines) is 1. The minimum Gasteiger partial charge on any atom is -0.487 e. The van der Waals surface area contributed by atoms with E-state index in [4.69, 9.17) is 21.1 Å². The Kier molecular flexibility index (Phi) is 7.29. The molecule has 40 heavy (non-hydrogen) atoms. The fourth-order valence-electron chi connectivity index (χ4n) is 5.89. The quantitative estimate of drug-likeness (QED) is 0.376. The summed E-state index contributed by atoms with van der Waals surface area (Å²) in [5.74, 6) is 0.334. The van der Waals surface area contributed by atoms with E-state index in [1.165, 1.54) is 0 Å². The Morgan fingerprint density at radius 1 is 1.07 bits per heavy atom. The summed E-state index contributed by atoms with van der Waals surface area (Å²) in [5, 5.41) is 21.7. The summed E-state index contributed by atoms with van der Waals surface area (Å²) in [4.78, 5) is 18.9. The van der Waals surface area contributed by atoms with Crippen molar-refractivity contribution in [1.82, 2.24) is 9.88 Å². The molecule has 0 atom stereocenters. The summed E-state index contributed by atoms with van der Waals surface area (Å²) in [5.41, 5.74) is 2.69. The maximum atomic E-state index is 11.9. The molecular formula is C32H33ClN2O5. The molecule has 208 valence electrons. The number of benzene rings is 2. The van der Waals surface area contributed by atoms with Gasteiger partial charge in [-0.05, 0) is 86.1 Å². The van der Waals surface area contributed by atoms with Gasteiger partial charge in [-0.25, -0.2) is 4.79 Å². The molecule has 7 nitrogen and oxygen atoms in total. The van der Waals surface area contributed by atoms with Gasteiger partial charge in [-0.2, -0.15) is 0 Å². The maximum Gasteiger partial charge on any atom is 0.348 e. The van der Waals surface area contributed by atoms with Crippen LogP contribution < -0.4 is 9.47 Å². The molecule has 0 bridgehead atoms. The molecule has 1 saturated carbocycles. The van der Waals surface area contributed by atoms with Gasteiger partial charge in [-0.1, -0.05) is 35.9 Å². The van der Waals surface area contributed by atoms with Crippen LogP contribution in [0.1, 0.15) is 60.9 Å². The van der Waals surface area contributed by atoms with Crippen molar-refractivity contribution in [3.8, 4) is 11.5 Å². The monoisotopic (exact) mass is 560 g/mol. The topological polar surface area (TPSA) is 92.1 Å². The Bertz CT molecular complexity index is 1430. The number of aromatic nitrogens is 1. The minimum atomic E-state index is -1.15. The summed E-state index contributed by atoms with van der Waals surface area (Å²) < 4.78 is 12.2. The van der Waals surface area contributed by atoms with Crippen LogP contribution in [-0.4, -0.2) is 51.3 Å². The highest BCUT2D eigenvalue weighted by Crippen LogP contribution is 2.42. The van der Waals surface area contributed by atoms with Crippen LogP contribution in [0.2, 0.25) is 5.02 Å². The molecular weight excluding hydrogens is 528 g/mol. The number of pyridine rings is 1. The Balaban J connectivity index is 1.21. The van der Waals surface area contributed by atoms with Crippen LogP contribution in [0.4, 0.5) is 0 Å². The molecule has 1 saturated heterocycles. The summed E-state index contributed by atoms with van der Waals surface area (Å²) in [6.07, 6.45) is 7.98. The number of aliphatic hydroxyl groups is 1. The smallest absolute Gasteiger partial charge is 0.348 e. The first-order valence-corrected chi connectivity index (χ1v) is 14.3. The predicted octanol–water partition coefficient (Wildman–Crippen LogP) is 5.82. The number of ether oxygens (including phenoxy) is 2. The number of aliphatic carboxylic acids is 1. The first-order chi connectivity index (χ1) is 19.4. The average molecular weight is 561 g/mol. The first-order valence-electron chi connectivity index (χ1n) is 13.9. The Hall–Kier alpha value is -3.39. The van der Waals surface area contributed by atoms with E-state index in [0.717, 1.165) is 66.2 Å². The number of halogens is 1. The number of carbonyl (C=O) groups is 1. The van der Waals surface area contributed by atoms with Crippen molar-refractivity contribution in [3.05, 3.63) is 94.3 Å². The number of piperidine rings is 1. The van der Waals surface area contributed by atoms with Crippen LogP contribution in [0, 0.1) is 0 Å². The van der Waals surface area contributed by atoms with E-state index < -0.39 is 17.2 Å². The largest absolute Gasteiger partial charge is 0.487 e. The number of nitrogens with zero attached hydrogens (tertiary/aromatic N) is 2. The second kappa shape index (κ2) is 10.9. The Morgan fingerprint density at radius 2 is 1.85 bits per heavy atom.